The number of thiophene rings is 1. The van der Waals surface area contributed by atoms with Crippen molar-refractivity contribution in [1.29, 1.82) is 0 Å². The van der Waals surface area contributed by atoms with Crippen LogP contribution in [0.3, 0.4) is 0 Å². The Morgan fingerprint density at radius 3 is 3.05 bits per heavy atom. The Hall–Kier alpha value is -2.14. The Kier molecular flexibility index (Phi) is 3.52. The van der Waals surface area contributed by atoms with E-state index in [1.807, 2.05) is 17.6 Å². The molecule has 0 saturated heterocycles. The lowest BCUT2D eigenvalue weighted by molar-refractivity contribution is 0.0958. The molecule has 3 rings (SSSR count). The topological polar surface area (TPSA) is 44.9 Å². The number of amides is 1. The number of aromatic nitrogens is 1. The number of halogens is 1. The fourth-order valence-electron chi connectivity index (χ4n) is 2.17. The highest BCUT2D eigenvalue weighted by atomic mass is 32.1. The zero-order valence-electron chi connectivity index (χ0n) is 10.7. The highest BCUT2D eigenvalue weighted by Crippen LogP contribution is 2.19. The number of nitrogens with one attached hydrogen (secondary N) is 2. The quantitative estimate of drug-likeness (QED) is 0.760. The van der Waals surface area contributed by atoms with Crippen LogP contribution in [-0.2, 0) is 6.42 Å². The smallest absolute Gasteiger partial charge is 0.261 e. The summed E-state index contributed by atoms with van der Waals surface area (Å²) in [6.07, 6.45) is 2.57. The van der Waals surface area contributed by atoms with Crippen LogP contribution >= 0.6 is 11.3 Å². The van der Waals surface area contributed by atoms with Gasteiger partial charge in [-0.25, -0.2) is 4.39 Å². The lowest BCUT2D eigenvalue weighted by Crippen LogP contribution is -2.24. The molecule has 102 valence electrons. The van der Waals surface area contributed by atoms with E-state index in [9.17, 15) is 9.18 Å². The van der Waals surface area contributed by atoms with Crippen LogP contribution in [0.25, 0.3) is 10.9 Å². The zero-order chi connectivity index (χ0) is 13.9. The summed E-state index contributed by atoms with van der Waals surface area (Å²) in [6.45, 7) is 0.557. The monoisotopic (exact) mass is 288 g/mol. The van der Waals surface area contributed by atoms with Gasteiger partial charge in [-0.2, -0.15) is 0 Å². The molecule has 3 aromatic rings. The van der Waals surface area contributed by atoms with E-state index >= 15 is 0 Å². The highest BCUT2D eigenvalue weighted by molar-refractivity contribution is 7.12. The number of H-pyrrole nitrogens is 1. The van der Waals surface area contributed by atoms with Gasteiger partial charge in [-0.15, -0.1) is 11.3 Å². The van der Waals surface area contributed by atoms with E-state index in [0.717, 1.165) is 16.5 Å². The predicted molar refractivity (Wildman–Crippen MR) is 78.6 cm³/mol. The number of benzene rings is 1. The van der Waals surface area contributed by atoms with Crippen LogP contribution in [0.5, 0.6) is 0 Å². The molecule has 0 radical (unpaired) electrons. The molecule has 0 aliphatic rings. The molecular formula is C15H13FN2OS. The van der Waals surface area contributed by atoms with E-state index in [4.69, 9.17) is 0 Å². The van der Waals surface area contributed by atoms with E-state index in [1.54, 1.807) is 12.1 Å². The first kappa shape index (κ1) is 12.9. The molecule has 1 amide bonds. The molecule has 0 saturated carbocycles. The summed E-state index contributed by atoms with van der Waals surface area (Å²) in [5.41, 5.74) is 1.86. The lowest BCUT2D eigenvalue weighted by atomic mass is 10.1. The number of hydrogen-bond donors (Lipinski definition) is 2. The summed E-state index contributed by atoms with van der Waals surface area (Å²) >= 11 is 1.42. The van der Waals surface area contributed by atoms with Crippen LogP contribution in [-0.4, -0.2) is 17.4 Å². The Balaban J connectivity index is 1.64. The van der Waals surface area contributed by atoms with Gasteiger partial charge in [0.25, 0.3) is 5.91 Å². The Morgan fingerprint density at radius 1 is 1.35 bits per heavy atom. The minimum Gasteiger partial charge on any atom is -0.361 e. The van der Waals surface area contributed by atoms with Crippen molar-refractivity contribution in [2.75, 3.05) is 6.54 Å². The van der Waals surface area contributed by atoms with Crippen LogP contribution in [0.2, 0.25) is 0 Å². The summed E-state index contributed by atoms with van der Waals surface area (Å²) in [7, 11) is 0. The summed E-state index contributed by atoms with van der Waals surface area (Å²) < 4.78 is 13.1. The normalized spacial score (nSPS) is 10.8. The van der Waals surface area contributed by atoms with Gasteiger partial charge in [0.2, 0.25) is 0 Å². The fourth-order valence-corrected chi connectivity index (χ4v) is 2.81. The summed E-state index contributed by atoms with van der Waals surface area (Å²) in [5, 5.41) is 5.76. The molecule has 2 heterocycles. The molecular weight excluding hydrogens is 275 g/mol. The van der Waals surface area contributed by atoms with E-state index in [0.29, 0.717) is 17.8 Å². The van der Waals surface area contributed by atoms with Crippen LogP contribution in [0.1, 0.15) is 15.2 Å². The van der Waals surface area contributed by atoms with Crippen LogP contribution in [0.15, 0.2) is 41.9 Å². The van der Waals surface area contributed by atoms with E-state index in [-0.39, 0.29) is 11.7 Å². The molecule has 0 unspecified atom stereocenters. The standard InChI is InChI=1S/C15H13FN2OS/c16-11-3-4-12-10(9-18-13(12)8-11)5-6-17-15(19)14-2-1-7-20-14/h1-4,7-9,18H,5-6H2,(H,17,19). The maximum Gasteiger partial charge on any atom is 0.261 e. The van der Waals surface area contributed by atoms with E-state index in [1.165, 1.54) is 23.5 Å². The average Bonchev–Trinajstić information content (AvgIpc) is 3.08. The van der Waals surface area contributed by atoms with Crippen molar-refractivity contribution in [2.24, 2.45) is 0 Å². The molecule has 0 aliphatic carbocycles. The minimum atomic E-state index is -0.253. The van der Waals surface area contributed by atoms with Crippen molar-refractivity contribution in [1.82, 2.24) is 10.3 Å². The zero-order valence-corrected chi connectivity index (χ0v) is 11.5. The molecule has 0 aliphatic heterocycles. The number of carbonyl (C=O) groups excluding carboxylic acids is 1. The number of aromatic amines is 1. The van der Waals surface area contributed by atoms with Gasteiger partial charge in [0.15, 0.2) is 0 Å². The van der Waals surface area contributed by atoms with Gasteiger partial charge >= 0.3 is 0 Å². The van der Waals surface area contributed by atoms with Gasteiger partial charge in [-0.3, -0.25) is 4.79 Å². The molecule has 2 aromatic heterocycles. The molecule has 0 bridgehead atoms. The Labute approximate surface area is 119 Å². The van der Waals surface area contributed by atoms with Crippen molar-refractivity contribution in [3.05, 3.63) is 58.2 Å². The minimum absolute atomic E-state index is 0.0501. The highest BCUT2D eigenvalue weighted by Gasteiger charge is 2.07. The second-order valence-corrected chi connectivity index (χ2v) is 5.43. The van der Waals surface area contributed by atoms with Crippen molar-refractivity contribution in [3.63, 3.8) is 0 Å². The third kappa shape index (κ3) is 2.58. The van der Waals surface area contributed by atoms with Crippen molar-refractivity contribution >= 4 is 28.1 Å². The van der Waals surface area contributed by atoms with Crippen molar-refractivity contribution < 1.29 is 9.18 Å². The molecule has 0 spiro atoms. The first-order chi connectivity index (χ1) is 9.74. The Bertz CT molecular complexity index is 734. The third-order valence-corrected chi connectivity index (χ3v) is 4.02. The van der Waals surface area contributed by atoms with Gasteiger partial charge in [0.1, 0.15) is 5.82 Å². The summed E-state index contributed by atoms with van der Waals surface area (Å²) in [4.78, 5) is 15.5. The van der Waals surface area contributed by atoms with Crippen molar-refractivity contribution in [3.8, 4) is 0 Å². The van der Waals surface area contributed by atoms with Gasteiger partial charge in [-0.05, 0) is 41.6 Å². The van der Waals surface area contributed by atoms with Gasteiger partial charge in [0, 0.05) is 23.6 Å². The van der Waals surface area contributed by atoms with Gasteiger partial charge in [-0.1, -0.05) is 6.07 Å². The molecule has 0 fully saturated rings. The van der Waals surface area contributed by atoms with Crippen molar-refractivity contribution in [2.45, 2.75) is 6.42 Å². The molecule has 5 heteroatoms. The molecule has 3 nitrogen and oxygen atoms in total. The number of carbonyl (C=O) groups is 1. The number of fused-ring (bicyclic) bond motifs is 1. The number of hydrogen-bond acceptors (Lipinski definition) is 2. The molecule has 0 atom stereocenters. The SMILES string of the molecule is O=C(NCCc1c[nH]c2cc(F)ccc12)c1cccs1. The lowest BCUT2D eigenvalue weighted by Gasteiger charge is -2.03. The second-order valence-electron chi connectivity index (χ2n) is 4.49. The van der Waals surface area contributed by atoms with Crippen LogP contribution < -0.4 is 5.32 Å². The predicted octanol–water partition coefficient (Wildman–Crippen LogP) is 3.34. The average molecular weight is 288 g/mol. The first-order valence-electron chi connectivity index (χ1n) is 6.31. The van der Waals surface area contributed by atoms with Gasteiger partial charge < -0.3 is 10.3 Å². The molecule has 2 N–H and O–H groups in total. The summed E-state index contributed by atoms with van der Waals surface area (Å²) in [6, 6.07) is 8.34. The van der Waals surface area contributed by atoms with E-state index < -0.39 is 0 Å². The van der Waals surface area contributed by atoms with E-state index in [2.05, 4.69) is 10.3 Å². The molecule has 1 aromatic carbocycles. The van der Waals surface area contributed by atoms with Gasteiger partial charge in [0.05, 0.1) is 4.88 Å². The number of rotatable bonds is 4. The summed E-state index contributed by atoms with van der Waals surface area (Å²) in [5.74, 6) is -0.303. The van der Waals surface area contributed by atoms with Crippen LogP contribution in [0, 0.1) is 5.82 Å². The maximum absolute atomic E-state index is 13.1. The second kappa shape index (κ2) is 5.46. The third-order valence-electron chi connectivity index (χ3n) is 3.15. The fraction of sp³-hybridized carbons (Fsp3) is 0.133. The Morgan fingerprint density at radius 2 is 2.25 bits per heavy atom. The molecule has 20 heavy (non-hydrogen) atoms. The van der Waals surface area contributed by atoms with Crippen LogP contribution in [0.4, 0.5) is 4.39 Å². The largest absolute Gasteiger partial charge is 0.361 e. The first-order valence-corrected chi connectivity index (χ1v) is 7.19. The maximum atomic E-state index is 13.1.